The highest BCUT2D eigenvalue weighted by Gasteiger charge is 2.58. The zero-order valence-electron chi connectivity index (χ0n) is 22.1. The Morgan fingerprint density at radius 1 is 0.929 bits per heavy atom. The molecule has 2 aromatic rings. The molecule has 18 nitrogen and oxygen atoms in total. The van der Waals surface area contributed by atoms with Gasteiger partial charge in [0.1, 0.15) is 49.3 Å². The number of nitrogens with one attached hydrogen (secondary N) is 1. The highest BCUT2D eigenvalue weighted by atomic mass is 32.2. The van der Waals surface area contributed by atoms with Gasteiger partial charge in [-0.3, -0.25) is 4.72 Å². The van der Waals surface area contributed by atoms with E-state index in [1.165, 1.54) is 43.8 Å². The van der Waals surface area contributed by atoms with E-state index in [0.717, 1.165) is 0 Å². The number of anilines is 2. The Balaban J connectivity index is 0.000000235. The number of nitrogens with zero attached hydrogens (tertiary/aromatic N) is 2. The minimum atomic E-state index is -3.75. The number of rotatable bonds is 9. The Morgan fingerprint density at radius 3 is 2.10 bits per heavy atom. The zero-order valence-corrected chi connectivity index (χ0v) is 22.9. The van der Waals surface area contributed by atoms with Gasteiger partial charge in [0.25, 0.3) is 15.9 Å². The lowest BCUT2D eigenvalue weighted by Gasteiger charge is -2.43. The molecule has 0 radical (unpaired) electrons. The van der Waals surface area contributed by atoms with Crippen LogP contribution in [0.5, 0.6) is 5.88 Å². The number of sulfonamides is 1. The second kappa shape index (κ2) is 14.1. The summed E-state index contributed by atoms with van der Waals surface area (Å²) in [6, 6.07) is 5.81. The van der Waals surface area contributed by atoms with E-state index in [9.17, 15) is 39.1 Å². The van der Waals surface area contributed by atoms with Crippen LogP contribution >= 0.6 is 0 Å². The summed E-state index contributed by atoms with van der Waals surface area (Å²) in [6.07, 6.45) is -9.89. The summed E-state index contributed by atoms with van der Waals surface area (Å²) in [6.45, 7) is -2.32. The molecule has 2 aliphatic rings. The maximum Gasteiger partial charge on any atom is 0.263 e. The maximum atomic E-state index is 12.1. The number of nitrogens with two attached hydrogens (primary N) is 1. The van der Waals surface area contributed by atoms with Crippen molar-refractivity contribution in [1.82, 2.24) is 9.97 Å². The number of ether oxygens (including phenoxy) is 4. The Bertz CT molecular complexity index is 1260. The number of aromatic nitrogens is 2. The number of aliphatic hydroxyl groups is 8. The van der Waals surface area contributed by atoms with E-state index >= 15 is 0 Å². The van der Waals surface area contributed by atoms with Crippen molar-refractivity contribution in [2.45, 2.75) is 59.7 Å². The smallest absolute Gasteiger partial charge is 0.263 e. The molecule has 1 aromatic carbocycles. The van der Waals surface area contributed by atoms with Gasteiger partial charge in [-0.15, -0.1) is 0 Å². The molecule has 3 heterocycles. The molecule has 2 saturated heterocycles. The first-order chi connectivity index (χ1) is 19.8. The largest absolute Gasteiger partial charge is 0.478 e. The van der Waals surface area contributed by atoms with Gasteiger partial charge in [0.05, 0.1) is 25.2 Å². The van der Waals surface area contributed by atoms with Gasteiger partial charge >= 0.3 is 0 Å². The third-order valence-corrected chi connectivity index (χ3v) is 7.70. The molecule has 236 valence electrons. The third-order valence-electron chi connectivity index (χ3n) is 6.35. The van der Waals surface area contributed by atoms with Crippen LogP contribution in [0.3, 0.4) is 0 Å². The van der Waals surface area contributed by atoms with Crippen molar-refractivity contribution < 1.29 is 68.2 Å². The van der Waals surface area contributed by atoms with E-state index in [4.69, 9.17) is 34.9 Å². The van der Waals surface area contributed by atoms with Crippen molar-refractivity contribution in [1.29, 1.82) is 0 Å². The van der Waals surface area contributed by atoms with Gasteiger partial charge in [-0.1, -0.05) is 0 Å². The molecule has 1 aromatic heterocycles. The summed E-state index contributed by atoms with van der Waals surface area (Å²) >= 11 is 0. The van der Waals surface area contributed by atoms with Gasteiger partial charge in [0.2, 0.25) is 11.6 Å². The average molecular weight is 623 g/mol. The van der Waals surface area contributed by atoms with Crippen LogP contribution in [0.4, 0.5) is 11.5 Å². The normalized spacial score (nSPS) is 33.0. The van der Waals surface area contributed by atoms with Crippen LogP contribution in [0.1, 0.15) is 0 Å². The molecule has 2 aliphatic heterocycles. The summed E-state index contributed by atoms with van der Waals surface area (Å²) in [5.74, 6) is -2.09. The molecular weight excluding hydrogens is 588 g/mol. The van der Waals surface area contributed by atoms with Crippen LogP contribution in [-0.4, -0.2) is 141 Å². The molecule has 11 N–H and O–H groups in total. The first-order valence-electron chi connectivity index (χ1n) is 12.3. The van der Waals surface area contributed by atoms with Crippen LogP contribution in [-0.2, 0) is 24.2 Å². The molecule has 2 fully saturated rings. The fraction of sp³-hybridized carbons (Fsp3) is 0.565. The molecule has 0 saturated carbocycles. The third kappa shape index (κ3) is 7.22. The topological polar surface area (TPSA) is 297 Å². The van der Waals surface area contributed by atoms with E-state index in [0.29, 0.717) is 5.69 Å². The molecule has 0 unspecified atom stereocenters. The number of aliphatic hydroxyl groups excluding tert-OH is 8. The van der Waals surface area contributed by atoms with E-state index in [2.05, 4.69) is 14.7 Å². The minimum Gasteiger partial charge on any atom is -0.478 e. The monoisotopic (exact) mass is 622 g/mol. The molecule has 0 amide bonds. The Kier molecular flexibility index (Phi) is 11.3. The lowest BCUT2D eigenvalue weighted by molar-refractivity contribution is -0.383. The van der Waals surface area contributed by atoms with E-state index < -0.39 is 84.6 Å². The van der Waals surface area contributed by atoms with E-state index in [1.807, 2.05) is 0 Å². The predicted molar refractivity (Wildman–Crippen MR) is 139 cm³/mol. The highest BCUT2D eigenvalue weighted by molar-refractivity contribution is 7.92. The second-order valence-electron chi connectivity index (χ2n) is 9.15. The van der Waals surface area contributed by atoms with Crippen molar-refractivity contribution in [3.05, 3.63) is 36.7 Å². The van der Waals surface area contributed by atoms with E-state index in [1.54, 1.807) is 0 Å². The summed E-state index contributed by atoms with van der Waals surface area (Å²) in [5.41, 5.74) is 5.99. The van der Waals surface area contributed by atoms with Crippen LogP contribution in [0.25, 0.3) is 0 Å². The van der Waals surface area contributed by atoms with Gasteiger partial charge in [-0.25, -0.2) is 18.4 Å². The quantitative estimate of drug-likeness (QED) is 0.118. The van der Waals surface area contributed by atoms with Gasteiger partial charge < -0.3 is 65.5 Å². The molecule has 0 aliphatic carbocycles. The number of benzene rings is 1. The highest BCUT2D eigenvalue weighted by Crippen LogP contribution is 2.36. The first kappa shape index (κ1) is 33.7. The van der Waals surface area contributed by atoms with Crippen molar-refractivity contribution >= 4 is 21.5 Å². The van der Waals surface area contributed by atoms with Gasteiger partial charge in [-0.05, 0) is 24.3 Å². The maximum absolute atomic E-state index is 12.1. The molecule has 19 heteroatoms. The molecule has 0 bridgehead atoms. The van der Waals surface area contributed by atoms with Crippen molar-refractivity contribution in [3.8, 4) is 5.88 Å². The summed E-state index contributed by atoms with van der Waals surface area (Å²) in [4.78, 5) is 7.81. The zero-order chi connectivity index (χ0) is 31.2. The van der Waals surface area contributed by atoms with Crippen molar-refractivity contribution in [2.24, 2.45) is 0 Å². The molecular formula is C23H34N4O14S. The second-order valence-corrected chi connectivity index (χ2v) is 10.8. The van der Waals surface area contributed by atoms with Crippen LogP contribution in [0.15, 0.2) is 41.6 Å². The first-order valence-corrected chi connectivity index (χ1v) is 13.8. The Morgan fingerprint density at radius 2 is 1.55 bits per heavy atom. The van der Waals surface area contributed by atoms with Crippen LogP contribution < -0.4 is 15.2 Å². The standard InChI is InChI=1S/C12H22O11.C11H12N4O3S/c13-1-4-6(16)8(18)9(19)11(21-4)23-12(3-15)10(20)7(17)5(2-14)22-12;1-18-11-10(13-6-7-14-11)15-19(16,17)9-4-2-8(12)3-5-9/h4-11,13-20H,1-3H2;2-7H,12H2,1H3,(H,13,15)/t4-,5-,6-,7-,8+,9-,10+,11-,12+;/m1./s1. The average Bonchev–Trinajstić information content (AvgIpc) is 3.23. The lowest BCUT2D eigenvalue weighted by Crippen LogP contribution is -2.62. The molecule has 9 atom stereocenters. The Hall–Kier alpha value is -2.79. The molecule has 0 spiro atoms. The van der Waals surface area contributed by atoms with Crippen LogP contribution in [0, 0.1) is 0 Å². The van der Waals surface area contributed by atoms with Gasteiger partial charge in [-0.2, -0.15) is 0 Å². The van der Waals surface area contributed by atoms with Gasteiger partial charge in [0, 0.05) is 18.1 Å². The Labute approximate surface area is 239 Å². The van der Waals surface area contributed by atoms with Crippen molar-refractivity contribution in [2.75, 3.05) is 37.4 Å². The fourth-order valence-electron chi connectivity index (χ4n) is 4.01. The summed E-state index contributed by atoms with van der Waals surface area (Å²) < 4.78 is 46.9. The number of nitrogen functional groups attached to an aromatic ring is 1. The lowest BCUT2D eigenvalue weighted by atomic mass is 9.99. The summed E-state index contributed by atoms with van der Waals surface area (Å²) in [7, 11) is -2.37. The van der Waals surface area contributed by atoms with E-state index in [-0.39, 0.29) is 16.6 Å². The molecule has 4 rings (SSSR count). The fourth-order valence-corrected chi connectivity index (χ4v) is 5.02. The number of hydrogen-bond acceptors (Lipinski definition) is 17. The number of methoxy groups -OCH3 is 1. The predicted octanol–water partition coefficient (Wildman–Crippen LogP) is -4.53. The minimum absolute atomic E-state index is 0.0295. The summed E-state index contributed by atoms with van der Waals surface area (Å²) in [5, 5.41) is 76.7. The van der Waals surface area contributed by atoms with Crippen LogP contribution in [0.2, 0.25) is 0 Å². The van der Waals surface area contributed by atoms with Gasteiger partial charge in [0.15, 0.2) is 6.29 Å². The molecule has 42 heavy (non-hydrogen) atoms. The number of hydrogen-bond donors (Lipinski definition) is 10. The SMILES string of the molecule is COc1nccnc1NS(=O)(=O)c1ccc(N)cc1.OC[C@H]1O[C@@](CO)(O[C@H]2O[C@H](CO)[C@@H](O)[C@H](O)[C@H]2O)[C@@H](O)[C@@H]1O. The van der Waals surface area contributed by atoms with Crippen molar-refractivity contribution in [3.63, 3.8) is 0 Å².